The number of likely N-dealkylation sites (tertiary alicyclic amines) is 1. The molecular weight excluding hydrogens is 288 g/mol. The van der Waals surface area contributed by atoms with Crippen molar-refractivity contribution in [2.75, 3.05) is 18.4 Å². The van der Waals surface area contributed by atoms with Crippen molar-refractivity contribution < 1.29 is 9.53 Å². The lowest BCUT2D eigenvalue weighted by atomic mass is 10.1. The van der Waals surface area contributed by atoms with Crippen molar-refractivity contribution in [3.8, 4) is 0 Å². The summed E-state index contributed by atoms with van der Waals surface area (Å²) in [7, 11) is 0. The Morgan fingerprint density at radius 2 is 1.81 bits per heavy atom. The quantitative estimate of drug-likeness (QED) is 0.898. The van der Waals surface area contributed by atoms with Crippen LogP contribution in [-0.4, -0.2) is 35.7 Å². The summed E-state index contributed by atoms with van der Waals surface area (Å²) in [6.45, 7) is 11.0. The van der Waals surface area contributed by atoms with Crippen molar-refractivity contribution in [3.05, 3.63) is 28.3 Å². The molecule has 2 rings (SSSR count). The average molecular weight is 311 g/mol. The van der Waals surface area contributed by atoms with Crippen LogP contribution in [0.25, 0.3) is 0 Å². The molecule has 116 valence electrons. The molecule has 1 N–H and O–H groups in total. The van der Waals surface area contributed by atoms with E-state index in [1.807, 2.05) is 46.8 Å². The fourth-order valence-corrected chi connectivity index (χ4v) is 2.72. The van der Waals surface area contributed by atoms with Crippen molar-refractivity contribution >= 4 is 23.4 Å². The lowest BCUT2D eigenvalue weighted by Gasteiger charge is -2.41. The number of anilines is 1. The number of hydrogen-bond donors (Lipinski definition) is 1. The number of hydrogen-bond acceptors (Lipinski definition) is 3. The number of ether oxygens (including phenoxy) is 1. The van der Waals surface area contributed by atoms with Crippen LogP contribution >= 0.6 is 11.6 Å². The van der Waals surface area contributed by atoms with Gasteiger partial charge in [-0.25, -0.2) is 4.79 Å². The maximum absolute atomic E-state index is 11.9. The maximum Gasteiger partial charge on any atom is 0.410 e. The van der Waals surface area contributed by atoms with E-state index < -0.39 is 5.60 Å². The fourth-order valence-electron chi connectivity index (χ4n) is 2.39. The van der Waals surface area contributed by atoms with Crippen molar-refractivity contribution in [1.29, 1.82) is 0 Å². The van der Waals surface area contributed by atoms with E-state index in [1.54, 1.807) is 4.90 Å². The van der Waals surface area contributed by atoms with Gasteiger partial charge in [0.25, 0.3) is 0 Å². The number of aryl methyl sites for hydroxylation is 2. The zero-order valence-electron chi connectivity index (χ0n) is 13.3. The summed E-state index contributed by atoms with van der Waals surface area (Å²) >= 11 is 6.04. The third-order valence-electron chi connectivity index (χ3n) is 3.38. The smallest absolute Gasteiger partial charge is 0.410 e. The molecule has 0 saturated carbocycles. The summed E-state index contributed by atoms with van der Waals surface area (Å²) in [4.78, 5) is 13.6. The predicted molar refractivity (Wildman–Crippen MR) is 86.1 cm³/mol. The van der Waals surface area contributed by atoms with E-state index in [2.05, 4.69) is 5.32 Å². The fraction of sp³-hybridized carbons (Fsp3) is 0.562. The van der Waals surface area contributed by atoms with Gasteiger partial charge in [-0.15, -0.1) is 0 Å². The molecule has 1 fully saturated rings. The number of nitrogens with one attached hydrogen (secondary N) is 1. The molecule has 1 heterocycles. The number of nitrogens with zero attached hydrogens (tertiary/aromatic N) is 1. The topological polar surface area (TPSA) is 41.6 Å². The Bertz CT molecular complexity index is 523. The van der Waals surface area contributed by atoms with Crippen LogP contribution in [-0.2, 0) is 4.74 Å². The van der Waals surface area contributed by atoms with E-state index in [0.717, 1.165) is 21.8 Å². The average Bonchev–Trinajstić information content (AvgIpc) is 2.21. The molecule has 1 saturated heterocycles. The van der Waals surface area contributed by atoms with Crippen LogP contribution in [0.1, 0.15) is 31.9 Å². The molecule has 1 aromatic carbocycles. The van der Waals surface area contributed by atoms with Crippen LogP contribution in [0.3, 0.4) is 0 Å². The number of benzene rings is 1. The van der Waals surface area contributed by atoms with Gasteiger partial charge in [0.15, 0.2) is 0 Å². The zero-order chi connectivity index (χ0) is 15.8. The molecule has 21 heavy (non-hydrogen) atoms. The van der Waals surface area contributed by atoms with Crippen LogP contribution in [0.15, 0.2) is 12.1 Å². The van der Waals surface area contributed by atoms with Crippen molar-refractivity contribution in [2.45, 2.75) is 46.3 Å². The zero-order valence-corrected chi connectivity index (χ0v) is 14.0. The number of carbonyl (C=O) groups excluding carboxylic acids is 1. The lowest BCUT2D eigenvalue weighted by molar-refractivity contribution is 0.0105. The molecule has 0 bridgehead atoms. The van der Waals surface area contributed by atoms with Crippen LogP contribution in [0.2, 0.25) is 5.02 Å². The van der Waals surface area contributed by atoms with E-state index in [0.29, 0.717) is 13.1 Å². The molecule has 0 atom stereocenters. The van der Waals surface area contributed by atoms with E-state index in [-0.39, 0.29) is 12.1 Å². The van der Waals surface area contributed by atoms with Gasteiger partial charge >= 0.3 is 6.09 Å². The first kappa shape index (κ1) is 16.0. The molecule has 1 aromatic rings. The highest BCUT2D eigenvalue weighted by atomic mass is 35.5. The van der Waals surface area contributed by atoms with Crippen molar-refractivity contribution in [1.82, 2.24) is 4.90 Å². The number of carbonyl (C=O) groups is 1. The third-order valence-corrected chi connectivity index (χ3v) is 3.60. The lowest BCUT2D eigenvalue weighted by Crippen LogP contribution is -2.58. The van der Waals surface area contributed by atoms with Gasteiger partial charge in [-0.1, -0.05) is 11.6 Å². The Morgan fingerprint density at radius 1 is 1.29 bits per heavy atom. The Balaban J connectivity index is 1.90. The SMILES string of the molecule is Cc1cc(Cl)cc(C)c1NC1CN(C(=O)OC(C)(C)C)C1. The van der Waals surface area contributed by atoms with E-state index >= 15 is 0 Å². The van der Waals surface area contributed by atoms with Gasteiger partial charge in [0, 0.05) is 23.8 Å². The Morgan fingerprint density at radius 3 is 2.29 bits per heavy atom. The molecule has 0 spiro atoms. The second-order valence-electron chi connectivity index (χ2n) is 6.64. The molecule has 1 aliphatic heterocycles. The normalized spacial score (nSPS) is 15.6. The minimum Gasteiger partial charge on any atom is -0.444 e. The third kappa shape index (κ3) is 4.03. The molecule has 5 heteroatoms. The maximum atomic E-state index is 11.9. The largest absolute Gasteiger partial charge is 0.444 e. The van der Waals surface area contributed by atoms with Crippen LogP contribution < -0.4 is 5.32 Å². The molecule has 0 aromatic heterocycles. The Labute approximate surface area is 131 Å². The number of rotatable bonds is 2. The summed E-state index contributed by atoms with van der Waals surface area (Å²) in [5.41, 5.74) is 2.90. The van der Waals surface area contributed by atoms with Crippen LogP contribution in [0.5, 0.6) is 0 Å². The molecule has 0 radical (unpaired) electrons. The molecule has 0 aliphatic carbocycles. The molecule has 1 aliphatic rings. The standard InChI is InChI=1S/C16H23ClN2O2/c1-10-6-12(17)7-11(2)14(10)18-13-8-19(9-13)15(20)21-16(3,4)5/h6-7,13,18H,8-9H2,1-5H3. The monoisotopic (exact) mass is 310 g/mol. The summed E-state index contributed by atoms with van der Waals surface area (Å²) in [6.07, 6.45) is -0.245. The summed E-state index contributed by atoms with van der Waals surface area (Å²) in [5, 5.41) is 4.23. The summed E-state index contributed by atoms with van der Waals surface area (Å²) < 4.78 is 5.35. The first-order chi connectivity index (χ1) is 9.65. The van der Waals surface area contributed by atoms with E-state index in [4.69, 9.17) is 16.3 Å². The Kier molecular flexibility index (Phi) is 4.38. The van der Waals surface area contributed by atoms with Crippen LogP contribution in [0.4, 0.5) is 10.5 Å². The summed E-state index contributed by atoms with van der Waals surface area (Å²) in [5.74, 6) is 0. The van der Waals surface area contributed by atoms with Gasteiger partial charge in [-0.2, -0.15) is 0 Å². The minimum atomic E-state index is -0.445. The van der Waals surface area contributed by atoms with E-state index in [9.17, 15) is 4.79 Å². The van der Waals surface area contributed by atoms with Crippen molar-refractivity contribution in [3.63, 3.8) is 0 Å². The first-order valence-corrected chi connectivity index (χ1v) is 7.55. The number of amides is 1. The van der Waals surface area contributed by atoms with Gasteiger partial charge in [0.1, 0.15) is 5.60 Å². The van der Waals surface area contributed by atoms with Gasteiger partial charge in [0.05, 0.1) is 6.04 Å². The van der Waals surface area contributed by atoms with Gasteiger partial charge < -0.3 is 15.0 Å². The van der Waals surface area contributed by atoms with Gasteiger partial charge in [0.2, 0.25) is 0 Å². The molecule has 4 nitrogen and oxygen atoms in total. The first-order valence-electron chi connectivity index (χ1n) is 7.17. The molecule has 1 amide bonds. The minimum absolute atomic E-state index is 0.245. The van der Waals surface area contributed by atoms with E-state index in [1.165, 1.54) is 0 Å². The molecular formula is C16H23ClN2O2. The Hall–Kier alpha value is -1.42. The summed E-state index contributed by atoms with van der Waals surface area (Å²) in [6, 6.07) is 4.15. The second-order valence-corrected chi connectivity index (χ2v) is 7.08. The highest BCUT2D eigenvalue weighted by molar-refractivity contribution is 6.30. The highest BCUT2D eigenvalue weighted by Crippen LogP contribution is 2.27. The second kappa shape index (κ2) is 5.76. The predicted octanol–water partition coefficient (Wildman–Crippen LogP) is 3.99. The molecule has 0 unspecified atom stereocenters. The van der Waals surface area contributed by atoms with Gasteiger partial charge in [-0.05, 0) is 57.9 Å². The van der Waals surface area contributed by atoms with Gasteiger partial charge in [-0.3, -0.25) is 0 Å². The van der Waals surface area contributed by atoms with Crippen LogP contribution in [0, 0.1) is 13.8 Å². The number of halogens is 1. The van der Waals surface area contributed by atoms with Crippen molar-refractivity contribution in [2.24, 2.45) is 0 Å². The highest BCUT2D eigenvalue weighted by Gasteiger charge is 2.33.